The normalized spacial score (nSPS) is 17.3. The second kappa shape index (κ2) is 7.72. The van der Waals surface area contributed by atoms with E-state index in [1.807, 2.05) is 45.0 Å². The van der Waals surface area contributed by atoms with E-state index in [1.165, 1.54) is 23.9 Å². The van der Waals surface area contributed by atoms with E-state index in [1.54, 1.807) is 17.0 Å². The first-order chi connectivity index (χ1) is 12.7. The highest BCUT2D eigenvalue weighted by atomic mass is 32.2. The van der Waals surface area contributed by atoms with Crippen molar-refractivity contribution in [3.63, 3.8) is 0 Å². The minimum absolute atomic E-state index is 0.000773. The molecule has 1 fully saturated rings. The molecular formula is C21H23FN2O2S. The summed E-state index contributed by atoms with van der Waals surface area (Å²) in [4.78, 5) is 26.1. The van der Waals surface area contributed by atoms with Gasteiger partial charge in [0.05, 0.1) is 5.75 Å². The molecule has 1 heterocycles. The Bertz CT molecular complexity index is 829. The van der Waals surface area contributed by atoms with Crippen molar-refractivity contribution < 1.29 is 14.0 Å². The van der Waals surface area contributed by atoms with Crippen molar-refractivity contribution in [3.8, 4) is 0 Å². The molecule has 27 heavy (non-hydrogen) atoms. The van der Waals surface area contributed by atoms with Crippen molar-refractivity contribution in [1.82, 2.24) is 0 Å². The summed E-state index contributed by atoms with van der Waals surface area (Å²) in [6.45, 7) is 6.07. The van der Waals surface area contributed by atoms with Gasteiger partial charge in [-0.3, -0.25) is 14.5 Å². The SMILES string of the molecule is CC(C)(C)CC(=O)Nc1ccc([C@H]2SCC(=O)N2c2ccc(F)cc2)cc1. The lowest BCUT2D eigenvalue weighted by Crippen LogP contribution is -2.27. The Hall–Kier alpha value is -2.34. The van der Waals surface area contributed by atoms with Gasteiger partial charge in [0.1, 0.15) is 11.2 Å². The summed E-state index contributed by atoms with van der Waals surface area (Å²) >= 11 is 1.53. The van der Waals surface area contributed by atoms with Crippen LogP contribution in [0, 0.1) is 11.2 Å². The highest BCUT2D eigenvalue weighted by Gasteiger charge is 2.34. The second-order valence-corrected chi connectivity index (χ2v) is 8.88. The van der Waals surface area contributed by atoms with Gasteiger partial charge in [-0.1, -0.05) is 32.9 Å². The van der Waals surface area contributed by atoms with Gasteiger partial charge in [0, 0.05) is 17.8 Å². The molecule has 4 nitrogen and oxygen atoms in total. The third-order valence-corrected chi connectivity index (χ3v) is 5.36. The fourth-order valence-electron chi connectivity index (χ4n) is 2.97. The summed E-state index contributed by atoms with van der Waals surface area (Å²) in [5, 5.41) is 2.74. The van der Waals surface area contributed by atoms with E-state index in [2.05, 4.69) is 5.32 Å². The summed E-state index contributed by atoms with van der Waals surface area (Å²) < 4.78 is 13.2. The van der Waals surface area contributed by atoms with Gasteiger partial charge in [-0.15, -0.1) is 11.8 Å². The predicted molar refractivity (Wildman–Crippen MR) is 108 cm³/mol. The number of halogens is 1. The summed E-state index contributed by atoms with van der Waals surface area (Å²) in [5.41, 5.74) is 2.30. The van der Waals surface area contributed by atoms with Crippen molar-refractivity contribution in [3.05, 3.63) is 59.9 Å². The zero-order chi connectivity index (χ0) is 19.6. The van der Waals surface area contributed by atoms with Crippen LogP contribution >= 0.6 is 11.8 Å². The Kier molecular flexibility index (Phi) is 5.56. The van der Waals surface area contributed by atoms with E-state index < -0.39 is 0 Å². The standard InChI is InChI=1S/C21H23FN2O2S/c1-21(2,3)12-18(25)23-16-8-4-14(5-9-16)20-24(19(26)13-27-20)17-10-6-15(22)7-11-17/h4-11,20H,12-13H2,1-3H3,(H,23,25)/t20-/m1/s1. The Labute approximate surface area is 163 Å². The maximum absolute atomic E-state index is 13.2. The van der Waals surface area contributed by atoms with Crippen LogP contribution in [0.25, 0.3) is 0 Å². The summed E-state index contributed by atoms with van der Waals surface area (Å²) in [7, 11) is 0. The minimum Gasteiger partial charge on any atom is -0.326 e. The highest BCUT2D eigenvalue weighted by Crippen LogP contribution is 2.41. The first-order valence-electron chi connectivity index (χ1n) is 8.82. The van der Waals surface area contributed by atoms with Crippen LogP contribution in [0.5, 0.6) is 0 Å². The summed E-state index contributed by atoms with van der Waals surface area (Å²) in [6.07, 6.45) is 0.445. The molecule has 0 aromatic heterocycles. The number of hydrogen-bond donors (Lipinski definition) is 1. The molecule has 0 radical (unpaired) electrons. The van der Waals surface area contributed by atoms with Gasteiger partial charge in [-0.25, -0.2) is 4.39 Å². The highest BCUT2D eigenvalue weighted by molar-refractivity contribution is 8.00. The van der Waals surface area contributed by atoms with Crippen LogP contribution in [0.15, 0.2) is 48.5 Å². The van der Waals surface area contributed by atoms with E-state index in [-0.39, 0.29) is 28.4 Å². The maximum Gasteiger partial charge on any atom is 0.238 e. The molecule has 0 spiro atoms. The average Bonchev–Trinajstić information content (AvgIpc) is 2.96. The Morgan fingerprint density at radius 2 is 1.78 bits per heavy atom. The molecule has 2 aromatic carbocycles. The lowest BCUT2D eigenvalue weighted by Gasteiger charge is -2.24. The van der Waals surface area contributed by atoms with Crippen LogP contribution in [0.4, 0.5) is 15.8 Å². The number of carbonyl (C=O) groups excluding carboxylic acids is 2. The van der Waals surface area contributed by atoms with Gasteiger partial charge in [-0.2, -0.15) is 0 Å². The monoisotopic (exact) mass is 386 g/mol. The largest absolute Gasteiger partial charge is 0.326 e. The van der Waals surface area contributed by atoms with Crippen LogP contribution in [-0.2, 0) is 9.59 Å². The molecule has 1 aliphatic heterocycles. The molecule has 3 rings (SSSR count). The number of nitrogens with zero attached hydrogens (tertiary/aromatic N) is 1. The average molecular weight is 386 g/mol. The molecule has 0 bridgehead atoms. The second-order valence-electron chi connectivity index (χ2n) is 7.81. The smallest absolute Gasteiger partial charge is 0.238 e. The molecular weight excluding hydrogens is 363 g/mol. The molecule has 142 valence electrons. The van der Waals surface area contributed by atoms with Gasteiger partial charge in [-0.05, 0) is 47.4 Å². The van der Waals surface area contributed by atoms with Gasteiger partial charge >= 0.3 is 0 Å². The molecule has 0 aliphatic carbocycles. The van der Waals surface area contributed by atoms with Crippen LogP contribution in [-0.4, -0.2) is 17.6 Å². The topological polar surface area (TPSA) is 49.4 Å². The maximum atomic E-state index is 13.2. The first-order valence-corrected chi connectivity index (χ1v) is 9.87. The number of nitrogens with one attached hydrogen (secondary N) is 1. The molecule has 1 atom stereocenters. The van der Waals surface area contributed by atoms with Crippen LogP contribution in [0.3, 0.4) is 0 Å². The molecule has 0 unspecified atom stereocenters. The summed E-state index contributed by atoms with van der Waals surface area (Å²) in [6, 6.07) is 13.5. The predicted octanol–water partition coefficient (Wildman–Crippen LogP) is 4.98. The Balaban J connectivity index is 1.74. The number of hydrogen-bond acceptors (Lipinski definition) is 3. The van der Waals surface area contributed by atoms with Gasteiger partial charge < -0.3 is 5.32 Å². The van der Waals surface area contributed by atoms with Crippen molar-refractivity contribution in [2.24, 2.45) is 5.41 Å². The molecule has 2 amide bonds. The number of carbonyl (C=O) groups is 2. The molecule has 1 N–H and O–H groups in total. The van der Waals surface area contributed by atoms with E-state index in [0.717, 1.165) is 11.3 Å². The van der Waals surface area contributed by atoms with E-state index in [0.29, 0.717) is 17.9 Å². The molecule has 1 saturated heterocycles. The zero-order valence-corrected chi connectivity index (χ0v) is 16.5. The van der Waals surface area contributed by atoms with Crippen LogP contribution in [0.2, 0.25) is 0 Å². The lowest BCUT2D eigenvalue weighted by atomic mass is 9.92. The molecule has 6 heteroatoms. The zero-order valence-electron chi connectivity index (χ0n) is 15.7. The van der Waals surface area contributed by atoms with Crippen molar-refractivity contribution in [2.45, 2.75) is 32.6 Å². The van der Waals surface area contributed by atoms with E-state index in [4.69, 9.17) is 0 Å². The molecule has 0 saturated carbocycles. The minimum atomic E-state index is -0.329. The molecule has 1 aliphatic rings. The van der Waals surface area contributed by atoms with E-state index >= 15 is 0 Å². The number of thioether (sulfide) groups is 1. The number of anilines is 2. The third kappa shape index (κ3) is 4.89. The third-order valence-electron chi connectivity index (χ3n) is 4.14. The number of amides is 2. The number of rotatable bonds is 4. The lowest BCUT2D eigenvalue weighted by molar-refractivity contribution is -0.118. The fraction of sp³-hybridized carbons (Fsp3) is 0.333. The van der Waals surface area contributed by atoms with Crippen molar-refractivity contribution >= 4 is 35.0 Å². The van der Waals surface area contributed by atoms with Crippen molar-refractivity contribution in [2.75, 3.05) is 16.0 Å². The number of benzene rings is 2. The first kappa shape index (κ1) is 19.4. The van der Waals surface area contributed by atoms with Gasteiger partial charge in [0.2, 0.25) is 11.8 Å². The molecule has 2 aromatic rings. The van der Waals surface area contributed by atoms with E-state index in [9.17, 15) is 14.0 Å². The van der Waals surface area contributed by atoms with Crippen LogP contribution < -0.4 is 10.2 Å². The fourth-order valence-corrected chi connectivity index (χ4v) is 4.15. The quantitative estimate of drug-likeness (QED) is 0.806. The van der Waals surface area contributed by atoms with Crippen molar-refractivity contribution in [1.29, 1.82) is 0 Å². The van der Waals surface area contributed by atoms with Crippen LogP contribution in [0.1, 0.15) is 38.1 Å². The Morgan fingerprint density at radius 1 is 1.15 bits per heavy atom. The summed E-state index contributed by atoms with van der Waals surface area (Å²) in [5.74, 6) is 0.0317. The van der Waals surface area contributed by atoms with Gasteiger partial charge in [0.25, 0.3) is 0 Å². The van der Waals surface area contributed by atoms with Gasteiger partial charge in [0.15, 0.2) is 0 Å². The Morgan fingerprint density at radius 3 is 2.37 bits per heavy atom.